The molecule has 8 rings (SSSR count). The van der Waals surface area contributed by atoms with E-state index in [1.165, 1.54) is 19.2 Å². The van der Waals surface area contributed by atoms with Gasteiger partial charge in [0.25, 0.3) is 16.0 Å². The molecule has 1 fully saturated rings. The average Bonchev–Trinajstić information content (AvgIpc) is 4.14. The van der Waals surface area contributed by atoms with Crippen LogP contribution in [-0.2, 0) is 45.3 Å². The molecule has 370 valence electrons. The summed E-state index contributed by atoms with van der Waals surface area (Å²) >= 11 is 6.42. The van der Waals surface area contributed by atoms with Crippen LogP contribution >= 0.6 is 11.6 Å². The number of benzene rings is 4. The fourth-order valence-corrected chi connectivity index (χ4v) is 9.33. The van der Waals surface area contributed by atoms with Gasteiger partial charge in [0.15, 0.2) is 0 Å². The van der Waals surface area contributed by atoms with Crippen LogP contribution in [0.4, 0.5) is 0 Å². The molecule has 1 atom stereocenters. The minimum atomic E-state index is -4.00. The number of hydrogen-bond acceptors (Lipinski definition) is 14. The van der Waals surface area contributed by atoms with Gasteiger partial charge in [0, 0.05) is 29.2 Å². The molecule has 1 unspecified atom stereocenters. The van der Waals surface area contributed by atoms with Gasteiger partial charge in [-0.2, -0.15) is 13.6 Å². The van der Waals surface area contributed by atoms with E-state index in [0.717, 1.165) is 73.0 Å². The molecule has 1 spiro atoms. The quantitative estimate of drug-likeness (QED) is 0.0416. The zero-order valence-electron chi connectivity index (χ0n) is 39.7. The summed E-state index contributed by atoms with van der Waals surface area (Å²) in [6.45, 7) is 7.17. The Balaban J connectivity index is 0.000000193. The van der Waals surface area contributed by atoms with Crippen molar-refractivity contribution in [2.75, 3.05) is 33.5 Å². The fourth-order valence-electron chi connectivity index (χ4n) is 8.59. The summed E-state index contributed by atoms with van der Waals surface area (Å²) in [5.41, 5.74) is 11.4. The van der Waals surface area contributed by atoms with E-state index in [4.69, 9.17) is 41.1 Å². The van der Waals surface area contributed by atoms with Crippen LogP contribution in [0, 0.1) is 0 Å². The number of nitrogens with two attached hydrogens (primary N) is 1. The standard InChI is InChI=1S/C25H28N6O.C20H25ClN2O5.C6H6O3S/c1-2-3-10-22-26-25(15-6-7-16-25)24(32)31(22)17-18-11-13-19(14-12-18)20-8-4-5-9-21(20)23-27-29-30-28-23;1-4-28-20(25)18-15(11-27-10-9-22)23-12(2)16(19(24)26-3)17(18)13-7-5-6-8-14(13)21;7-10(8,9)6-4-2-1-3-5-6/h4-5,8-9,11-14H,2-3,6-7,10,15-17H2,1H3,(H,27,28,29,30);5-8,17,23H,4,9-11,22H2,1-3H3;1-5H,(H,7,8,9). The van der Waals surface area contributed by atoms with Crippen molar-refractivity contribution in [1.82, 2.24) is 30.8 Å². The van der Waals surface area contributed by atoms with Crippen molar-refractivity contribution in [3.8, 4) is 22.5 Å². The highest BCUT2D eigenvalue weighted by atomic mass is 35.5. The molecule has 0 saturated heterocycles. The molecule has 1 saturated carbocycles. The number of unbranched alkanes of at least 4 members (excludes halogenated alkanes) is 1. The first-order chi connectivity index (χ1) is 33.8. The number of carbonyl (C=O) groups excluding carboxylic acids is 3. The smallest absolute Gasteiger partial charge is 0.336 e. The number of hydrogen-bond donors (Lipinski definition) is 4. The first-order valence-electron chi connectivity index (χ1n) is 23.1. The number of ether oxygens (including phenoxy) is 3. The lowest BCUT2D eigenvalue weighted by molar-refractivity contribution is -0.139. The molecular formula is C51H59ClN8O9S. The number of H-pyrrole nitrogens is 1. The van der Waals surface area contributed by atoms with Crippen molar-refractivity contribution in [2.45, 2.75) is 88.6 Å². The number of amides is 1. The zero-order chi connectivity index (χ0) is 50.3. The number of halogens is 1. The lowest BCUT2D eigenvalue weighted by Crippen LogP contribution is -2.40. The maximum atomic E-state index is 13.4. The lowest BCUT2D eigenvalue weighted by atomic mass is 9.80. The molecule has 1 aromatic heterocycles. The van der Waals surface area contributed by atoms with Gasteiger partial charge in [-0.25, -0.2) is 9.59 Å². The van der Waals surface area contributed by atoms with Gasteiger partial charge in [-0.1, -0.05) is 123 Å². The second-order valence-electron chi connectivity index (χ2n) is 16.6. The topological polar surface area (TPSA) is 241 Å². The van der Waals surface area contributed by atoms with Gasteiger partial charge in [-0.15, -0.1) is 10.2 Å². The molecule has 4 aromatic carbocycles. The largest absolute Gasteiger partial charge is 0.466 e. The van der Waals surface area contributed by atoms with Crippen molar-refractivity contribution in [2.24, 2.45) is 10.7 Å². The highest BCUT2D eigenvalue weighted by molar-refractivity contribution is 7.85. The van der Waals surface area contributed by atoms with Crippen LogP contribution in [0.2, 0.25) is 5.02 Å². The van der Waals surface area contributed by atoms with E-state index in [-0.39, 0.29) is 29.6 Å². The molecule has 17 nitrogen and oxygen atoms in total. The Labute approximate surface area is 413 Å². The van der Waals surface area contributed by atoms with E-state index < -0.39 is 33.5 Å². The van der Waals surface area contributed by atoms with Gasteiger partial charge < -0.3 is 25.3 Å². The Hall–Kier alpha value is -6.57. The van der Waals surface area contributed by atoms with Gasteiger partial charge in [0.05, 0.1) is 61.1 Å². The molecule has 5 N–H and O–H groups in total. The fraction of sp³-hybridized carbons (Fsp3) is 0.353. The Kier molecular flexibility index (Phi) is 18.7. The summed E-state index contributed by atoms with van der Waals surface area (Å²) in [6, 6.07) is 30.9. The SMILES string of the molecule is CCCCC1=NC2(CCCC2)C(=O)N1Cc1ccc(-c2ccccc2-c2nn[nH]n2)cc1.CCOC(=O)C1=C(COCCN)NC(C)=C(C(=O)OC)C1c1ccccc1Cl.O=S(=O)(O)c1ccccc1. The van der Waals surface area contributed by atoms with E-state index in [0.29, 0.717) is 53.1 Å². The minimum absolute atomic E-state index is 0.0741. The number of methoxy groups -OCH3 is 1. The average molecular weight is 996 g/mol. The third-order valence-electron chi connectivity index (χ3n) is 11.9. The number of tetrazole rings is 1. The molecule has 0 radical (unpaired) electrons. The van der Waals surface area contributed by atoms with Gasteiger partial charge in [0.2, 0.25) is 5.82 Å². The number of aliphatic imine (C=N–C) groups is 1. The Morgan fingerprint density at radius 1 is 0.914 bits per heavy atom. The number of aromatic nitrogens is 4. The molecule has 5 aromatic rings. The number of nitrogens with one attached hydrogen (secondary N) is 2. The maximum absolute atomic E-state index is 13.4. The molecule has 3 heterocycles. The number of rotatable bonds is 16. The zero-order valence-corrected chi connectivity index (χ0v) is 41.3. The monoisotopic (exact) mass is 994 g/mol. The molecule has 1 amide bonds. The Morgan fingerprint density at radius 3 is 2.19 bits per heavy atom. The van der Waals surface area contributed by atoms with Crippen molar-refractivity contribution in [3.05, 3.63) is 142 Å². The van der Waals surface area contributed by atoms with Gasteiger partial charge >= 0.3 is 11.9 Å². The number of amidine groups is 1. The molecule has 3 aliphatic rings. The van der Waals surface area contributed by atoms with Crippen molar-refractivity contribution < 1.29 is 41.6 Å². The number of nitrogens with zero attached hydrogens (tertiary/aromatic N) is 5. The van der Waals surface area contributed by atoms with Crippen molar-refractivity contribution in [3.63, 3.8) is 0 Å². The lowest BCUT2D eigenvalue weighted by Gasteiger charge is -2.31. The summed E-state index contributed by atoms with van der Waals surface area (Å²) in [6.07, 6.45) is 7.01. The molecule has 1 aliphatic carbocycles. The second-order valence-corrected chi connectivity index (χ2v) is 18.4. The van der Waals surface area contributed by atoms with Crippen molar-refractivity contribution in [1.29, 1.82) is 0 Å². The highest BCUT2D eigenvalue weighted by Crippen LogP contribution is 2.43. The van der Waals surface area contributed by atoms with Crippen LogP contribution in [0.5, 0.6) is 0 Å². The van der Waals surface area contributed by atoms with Crippen LogP contribution in [0.15, 0.2) is 136 Å². The summed E-state index contributed by atoms with van der Waals surface area (Å²) in [7, 11) is -2.71. The normalized spacial score (nSPS) is 16.2. The summed E-state index contributed by atoms with van der Waals surface area (Å²) in [4.78, 5) is 45.7. The molecule has 2 aliphatic heterocycles. The van der Waals surface area contributed by atoms with E-state index in [2.05, 4.69) is 63.2 Å². The van der Waals surface area contributed by atoms with E-state index >= 15 is 0 Å². The Bertz CT molecular complexity index is 2800. The number of aromatic amines is 1. The first-order valence-corrected chi connectivity index (χ1v) is 24.9. The highest BCUT2D eigenvalue weighted by Gasteiger charge is 2.49. The van der Waals surface area contributed by atoms with Crippen LogP contribution < -0.4 is 11.1 Å². The first kappa shape index (κ1) is 52.8. The van der Waals surface area contributed by atoms with Crippen LogP contribution in [0.1, 0.15) is 82.8 Å². The van der Waals surface area contributed by atoms with Gasteiger partial charge in [-0.3, -0.25) is 19.2 Å². The number of carbonyl (C=O) groups is 3. The predicted molar refractivity (Wildman–Crippen MR) is 266 cm³/mol. The second kappa shape index (κ2) is 24.8. The van der Waals surface area contributed by atoms with Crippen LogP contribution in [0.25, 0.3) is 22.5 Å². The van der Waals surface area contributed by atoms with E-state index in [1.807, 2.05) is 23.1 Å². The third-order valence-corrected chi connectivity index (χ3v) is 13.1. The Morgan fingerprint density at radius 2 is 1.59 bits per heavy atom. The van der Waals surface area contributed by atoms with Gasteiger partial charge in [-0.05, 0) is 78.8 Å². The molecule has 70 heavy (non-hydrogen) atoms. The van der Waals surface area contributed by atoms with Gasteiger partial charge in [0.1, 0.15) is 11.4 Å². The summed E-state index contributed by atoms with van der Waals surface area (Å²) < 4.78 is 45.0. The molecule has 0 bridgehead atoms. The summed E-state index contributed by atoms with van der Waals surface area (Å²) in [5.74, 6) is -0.111. The van der Waals surface area contributed by atoms with Crippen LogP contribution in [-0.4, -0.2) is 101 Å². The third kappa shape index (κ3) is 12.8. The number of allylic oxidation sites excluding steroid dienone is 1. The number of esters is 2. The van der Waals surface area contributed by atoms with E-state index in [9.17, 15) is 22.8 Å². The minimum Gasteiger partial charge on any atom is -0.466 e. The van der Waals surface area contributed by atoms with Crippen LogP contribution in [0.3, 0.4) is 0 Å². The molecular weight excluding hydrogens is 936 g/mol. The molecule has 19 heteroatoms. The number of dihydropyridines is 1. The van der Waals surface area contributed by atoms with E-state index in [1.54, 1.807) is 56.3 Å². The van der Waals surface area contributed by atoms with Crippen molar-refractivity contribution >= 4 is 45.4 Å². The summed E-state index contributed by atoms with van der Waals surface area (Å²) in [5, 5.41) is 18.0. The predicted octanol–water partition coefficient (Wildman–Crippen LogP) is 7.98. The maximum Gasteiger partial charge on any atom is 0.336 e.